The van der Waals surface area contributed by atoms with Crippen LogP contribution >= 0.6 is 23.1 Å². The Hall–Kier alpha value is -2.01. The molecular weight excluding hydrogens is 449 g/mol. The zero-order valence-electron chi connectivity index (χ0n) is 16.8. The van der Waals surface area contributed by atoms with E-state index in [1.165, 1.54) is 73.0 Å². The minimum absolute atomic E-state index is 0.00904. The highest BCUT2D eigenvalue weighted by Crippen LogP contribution is 2.49. The monoisotopic (exact) mass is 472 g/mol. The number of hydrogen-bond donors (Lipinski definition) is 2. The number of amides is 1. The molecule has 1 aromatic heterocycles. The van der Waals surface area contributed by atoms with Crippen LogP contribution in [0.2, 0.25) is 0 Å². The molecule has 1 amide bonds. The zero-order chi connectivity index (χ0) is 22.0. The van der Waals surface area contributed by atoms with Crippen LogP contribution in [0.25, 0.3) is 0 Å². The van der Waals surface area contributed by atoms with Crippen LogP contribution in [0.15, 0.2) is 28.6 Å². The molecule has 2 aliphatic rings. The van der Waals surface area contributed by atoms with Gasteiger partial charge in [0.25, 0.3) is 0 Å². The number of carbonyl (C=O) groups is 1. The van der Waals surface area contributed by atoms with Gasteiger partial charge in [0.05, 0.1) is 5.75 Å². The van der Waals surface area contributed by atoms with Gasteiger partial charge in [0.15, 0.2) is 4.34 Å². The van der Waals surface area contributed by atoms with Crippen molar-refractivity contribution in [2.24, 2.45) is 17.8 Å². The molecule has 1 aromatic carbocycles. The summed E-state index contributed by atoms with van der Waals surface area (Å²) in [6.07, 6.45) is 0.465. The molecule has 4 rings (SSSR count). The van der Waals surface area contributed by atoms with E-state index in [9.17, 15) is 18.0 Å². The Morgan fingerprint density at radius 2 is 2.03 bits per heavy atom. The molecule has 2 fully saturated rings. The minimum Gasteiger partial charge on any atom is -0.406 e. The maximum absolute atomic E-state index is 12.3. The van der Waals surface area contributed by atoms with Gasteiger partial charge in [-0.05, 0) is 68.2 Å². The number of rotatable bonds is 8. The topological polar surface area (TPSA) is 76.1 Å². The van der Waals surface area contributed by atoms with Gasteiger partial charge >= 0.3 is 6.36 Å². The summed E-state index contributed by atoms with van der Waals surface area (Å²) in [5.41, 5.74) is 0.555. The molecule has 2 aromatic rings. The third-order valence-corrected chi connectivity index (χ3v) is 7.87. The number of fused-ring (bicyclic) bond motifs is 2. The molecule has 0 aliphatic heterocycles. The molecule has 0 spiro atoms. The van der Waals surface area contributed by atoms with Crippen molar-refractivity contribution in [1.82, 2.24) is 15.5 Å². The second-order valence-corrected chi connectivity index (χ2v) is 10.3. The predicted molar refractivity (Wildman–Crippen MR) is 114 cm³/mol. The van der Waals surface area contributed by atoms with Crippen molar-refractivity contribution in [3.63, 3.8) is 0 Å². The standard InChI is InChI=1S/C20H23F3N4O2S2/c1-11(16-9-12-2-3-13(16)8-12)24-17(28)10-30-19-27-26-18(31-19)25-14-4-6-15(7-5-14)29-20(21,22)23/h4-7,11-13,16H,2-3,8-10H2,1H3,(H,24,28)(H,25,26). The van der Waals surface area contributed by atoms with Gasteiger partial charge < -0.3 is 15.4 Å². The van der Waals surface area contributed by atoms with Crippen LogP contribution in [-0.2, 0) is 4.79 Å². The van der Waals surface area contributed by atoms with Gasteiger partial charge in [-0.3, -0.25) is 4.79 Å². The Labute approximate surface area is 186 Å². The number of alkyl halides is 3. The van der Waals surface area contributed by atoms with Crippen molar-refractivity contribution in [3.05, 3.63) is 24.3 Å². The number of halogens is 3. The average molecular weight is 473 g/mol. The van der Waals surface area contributed by atoms with Gasteiger partial charge in [0.1, 0.15) is 5.75 Å². The quantitative estimate of drug-likeness (QED) is 0.514. The fourth-order valence-electron chi connectivity index (χ4n) is 4.62. The van der Waals surface area contributed by atoms with E-state index in [4.69, 9.17) is 0 Å². The van der Waals surface area contributed by atoms with Crippen LogP contribution in [0, 0.1) is 17.8 Å². The smallest absolute Gasteiger partial charge is 0.406 e. The van der Waals surface area contributed by atoms with Gasteiger partial charge in [-0.1, -0.05) is 29.5 Å². The van der Waals surface area contributed by atoms with E-state index in [0.717, 1.165) is 11.8 Å². The molecule has 4 atom stereocenters. The SMILES string of the molecule is CC(NC(=O)CSc1nnc(Nc2ccc(OC(F)(F)F)cc2)s1)C1CC2CCC1C2. The second-order valence-electron chi connectivity index (χ2n) is 8.05. The average Bonchev–Trinajstić information content (AvgIpc) is 3.44. The van der Waals surface area contributed by atoms with E-state index in [0.29, 0.717) is 21.1 Å². The van der Waals surface area contributed by atoms with E-state index in [1.807, 2.05) is 0 Å². The minimum atomic E-state index is -4.72. The lowest BCUT2D eigenvalue weighted by Gasteiger charge is -2.28. The predicted octanol–water partition coefficient (Wildman–Crippen LogP) is 5.21. The lowest BCUT2D eigenvalue weighted by atomic mass is 9.84. The molecule has 1 heterocycles. The maximum Gasteiger partial charge on any atom is 0.573 e. The fourth-order valence-corrected chi connectivity index (χ4v) is 6.20. The van der Waals surface area contributed by atoms with Gasteiger partial charge in [0.2, 0.25) is 11.0 Å². The number of anilines is 2. The number of nitrogens with zero attached hydrogens (tertiary/aromatic N) is 2. The molecule has 6 nitrogen and oxygen atoms in total. The summed E-state index contributed by atoms with van der Waals surface area (Å²) in [5, 5.41) is 14.7. The lowest BCUT2D eigenvalue weighted by Crippen LogP contribution is -2.40. The van der Waals surface area contributed by atoms with Crippen LogP contribution in [0.3, 0.4) is 0 Å². The van der Waals surface area contributed by atoms with Crippen molar-refractivity contribution in [2.75, 3.05) is 11.1 Å². The van der Waals surface area contributed by atoms with Crippen LogP contribution in [0.4, 0.5) is 24.0 Å². The van der Waals surface area contributed by atoms with Crippen LogP contribution < -0.4 is 15.4 Å². The number of ether oxygens (including phenoxy) is 1. The first-order valence-corrected chi connectivity index (χ1v) is 11.9. The van der Waals surface area contributed by atoms with E-state index in [2.05, 4.69) is 32.5 Å². The van der Waals surface area contributed by atoms with Gasteiger partial charge in [-0.15, -0.1) is 23.4 Å². The number of thioether (sulfide) groups is 1. The zero-order valence-corrected chi connectivity index (χ0v) is 18.4. The molecule has 11 heteroatoms. The molecule has 0 saturated heterocycles. The van der Waals surface area contributed by atoms with Crippen molar-refractivity contribution >= 4 is 39.8 Å². The third-order valence-electron chi connectivity index (χ3n) is 5.90. The Bertz CT molecular complexity index is 907. The first kappa shape index (κ1) is 22.2. The molecule has 0 radical (unpaired) electrons. The highest BCUT2D eigenvalue weighted by Gasteiger charge is 2.42. The summed E-state index contributed by atoms with van der Waals surface area (Å²) < 4.78 is 41.1. The highest BCUT2D eigenvalue weighted by atomic mass is 32.2. The van der Waals surface area contributed by atoms with Gasteiger partial charge in [-0.2, -0.15) is 0 Å². The molecule has 2 aliphatic carbocycles. The molecule has 2 N–H and O–H groups in total. The van der Waals surface area contributed by atoms with E-state index in [1.54, 1.807) is 0 Å². The maximum atomic E-state index is 12.3. The first-order valence-electron chi connectivity index (χ1n) is 10.1. The largest absolute Gasteiger partial charge is 0.573 e. The first-order chi connectivity index (χ1) is 14.7. The summed E-state index contributed by atoms with van der Waals surface area (Å²) in [6.45, 7) is 2.10. The summed E-state index contributed by atoms with van der Waals surface area (Å²) in [7, 11) is 0. The van der Waals surface area contributed by atoms with Crippen LogP contribution in [-0.4, -0.2) is 34.3 Å². The Morgan fingerprint density at radius 1 is 1.26 bits per heavy atom. The summed E-state index contributed by atoms with van der Waals surface area (Å²) in [5.74, 6) is 2.17. The Morgan fingerprint density at radius 3 is 2.68 bits per heavy atom. The molecule has 2 saturated carbocycles. The molecular formula is C20H23F3N4O2S2. The van der Waals surface area contributed by atoms with Crippen LogP contribution in [0.1, 0.15) is 32.6 Å². The Kier molecular flexibility index (Phi) is 6.61. The number of carbonyl (C=O) groups excluding carboxylic acids is 1. The normalized spacial score (nSPS) is 23.5. The second kappa shape index (κ2) is 9.23. The van der Waals surface area contributed by atoms with E-state index < -0.39 is 6.36 Å². The molecule has 4 unspecified atom stereocenters. The van der Waals surface area contributed by atoms with Crippen molar-refractivity contribution in [3.8, 4) is 5.75 Å². The number of benzene rings is 1. The van der Waals surface area contributed by atoms with E-state index in [-0.39, 0.29) is 23.5 Å². The van der Waals surface area contributed by atoms with Crippen molar-refractivity contribution < 1.29 is 22.7 Å². The number of hydrogen-bond acceptors (Lipinski definition) is 7. The lowest BCUT2D eigenvalue weighted by molar-refractivity contribution is -0.274. The van der Waals surface area contributed by atoms with Crippen molar-refractivity contribution in [1.29, 1.82) is 0 Å². The summed E-state index contributed by atoms with van der Waals surface area (Å²) in [6, 6.07) is 5.54. The Balaban J connectivity index is 1.22. The van der Waals surface area contributed by atoms with Gasteiger partial charge in [-0.25, -0.2) is 0 Å². The number of nitrogens with one attached hydrogen (secondary N) is 2. The molecule has 168 valence electrons. The molecule has 2 bridgehead atoms. The molecule has 31 heavy (non-hydrogen) atoms. The third kappa shape index (κ3) is 6.03. The van der Waals surface area contributed by atoms with Crippen LogP contribution in [0.5, 0.6) is 5.75 Å². The highest BCUT2D eigenvalue weighted by molar-refractivity contribution is 8.01. The van der Waals surface area contributed by atoms with Crippen molar-refractivity contribution in [2.45, 2.75) is 49.4 Å². The van der Waals surface area contributed by atoms with Gasteiger partial charge in [0, 0.05) is 11.7 Å². The summed E-state index contributed by atoms with van der Waals surface area (Å²) >= 11 is 2.59. The fraction of sp³-hybridized carbons (Fsp3) is 0.550. The number of aromatic nitrogens is 2. The van der Waals surface area contributed by atoms with E-state index >= 15 is 0 Å². The summed E-state index contributed by atoms with van der Waals surface area (Å²) in [4.78, 5) is 12.3.